The quantitative estimate of drug-likeness (QED) is 0.694. The summed E-state index contributed by atoms with van der Waals surface area (Å²) in [5.41, 5.74) is 0. The van der Waals surface area contributed by atoms with Gasteiger partial charge in [-0.3, -0.25) is 4.90 Å². The lowest BCUT2D eigenvalue weighted by molar-refractivity contribution is 0.282. The Morgan fingerprint density at radius 3 is 2.57 bits per heavy atom. The van der Waals surface area contributed by atoms with Crippen LogP contribution in [0, 0.1) is 6.92 Å². The number of hydrogen-bond acceptors (Lipinski definition) is 3. The zero-order chi connectivity index (χ0) is 9.80. The van der Waals surface area contributed by atoms with Crippen molar-refractivity contribution in [1.82, 2.24) is 9.88 Å². The summed E-state index contributed by atoms with van der Waals surface area (Å²) in [6.45, 7) is 9.13. The van der Waals surface area contributed by atoms with Gasteiger partial charge in [-0.2, -0.15) is 0 Å². The molecule has 0 bridgehead atoms. The summed E-state index contributed by atoms with van der Waals surface area (Å²) in [4.78, 5) is 9.03. The third-order valence-corrected chi connectivity index (χ3v) is 2.66. The molecule has 1 radical (unpaired) electrons. The molecule has 1 aliphatic heterocycles. The number of piperazine rings is 1. The summed E-state index contributed by atoms with van der Waals surface area (Å²) in [5, 5.41) is 0. The average Bonchev–Trinajstić information content (AvgIpc) is 2.30. The van der Waals surface area contributed by atoms with Gasteiger partial charge in [-0.15, -0.1) is 0 Å². The first kappa shape index (κ1) is 9.46. The van der Waals surface area contributed by atoms with Gasteiger partial charge in [0.1, 0.15) is 5.82 Å². The highest BCUT2D eigenvalue weighted by Gasteiger charge is 2.15. The molecule has 14 heavy (non-hydrogen) atoms. The number of nitrogens with zero attached hydrogens (tertiary/aromatic N) is 3. The van der Waals surface area contributed by atoms with Gasteiger partial charge in [-0.1, -0.05) is 6.07 Å². The van der Waals surface area contributed by atoms with Crippen LogP contribution in [0.15, 0.2) is 24.4 Å². The monoisotopic (exact) mass is 190 g/mol. The third kappa shape index (κ3) is 2.04. The van der Waals surface area contributed by atoms with Crippen LogP contribution >= 0.6 is 0 Å². The van der Waals surface area contributed by atoms with Gasteiger partial charge in [0.15, 0.2) is 0 Å². The molecule has 0 N–H and O–H groups in total. The third-order valence-electron chi connectivity index (χ3n) is 2.66. The van der Waals surface area contributed by atoms with Crippen molar-refractivity contribution in [3.63, 3.8) is 0 Å². The van der Waals surface area contributed by atoms with Crippen LogP contribution in [0.1, 0.15) is 0 Å². The van der Waals surface area contributed by atoms with Crippen molar-refractivity contribution in [2.24, 2.45) is 0 Å². The van der Waals surface area contributed by atoms with E-state index >= 15 is 0 Å². The molecule has 0 atom stereocenters. The Morgan fingerprint density at radius 2 is 2.00 bits per heavy atom. The smallest absolute Gasteiger partial charge is 0.128 e. The van der Waals surface area contributed by atoms with E-state index in [0.29, 0.717) is 0 Å². The van der Waals surface area contributed by atoms with E-state index in [1.165, 1.54) is 0 Å². The Balaban J connectivity index is 1.96. The van der Waals surface area contributed by atoms with E-state index in [0.717, 1.165) is 38.5 Å². The van der Waals surface area contributed by atoms with Crippen molar-refractivity contribution < 1.29 is 0 Å². The molecular formula is C11H16N3. The Bertz CT molecular complexity index is 265. The van der Waals surface area contributed by atoms with E-state index in [2.05, 4.69) is 27.8 Å². The second-order valence-electron chi connectivity index (χ2n) is 3.52. The molecule has 1 aromatic heterocycles. The maximum absolute atomic E-state index is 4.35. The lowest BCUT2D eigenvalue weighted by Crippen LogP contribution is -2.46. The SMILES string of the molecule is [CH2]CN1CCN(c2ccccn2)CC1. The van der Waals surface area contributed by atoms with E-state index in [4.69, 9.17) is 0 Å². The average molecular weight is 190 g/mol. The van der Waals surface area contributed by atoms with Gasteiger partial charge in [0.2, 0.25) is 0 Å². The molecule has 0 aliphatic carbocycles. The van der Waals surface area contributed by atoms with Gasteiger partial charge < -0.3 is 4.90 Å². The molecule has 1 saturated heterocycles. The number of anilines is 1. The Hall–Kier alpha value is -1.09. The highest BCUT2D eigenvalue weighted by atomic mass is 15.3. The molecule has 1 aromatic rings. The van der Waals surface area contributed by atoms with Crippen LogP contribution in [-0.4, -0.2) is 42.6 Å². The Labute approximate surface area is 85.4 Å². The minimum atomic E-state index is 0.913. The normalized spacial score (nSPS) is 18.5. The largest absolute Gasteiger partial charge is 0.354 e. The minimum absolute atomic E-state index is 0.913. The summed E-state index contributed by atoms with van der Waals surface area (Å²) >= 11 is 0. The predicted molar refractivity (Wildman–Crippen MR) is 58.2 cm³/mol. The number of hydrogen-bond donors (Lipinski definition) is 0. The van der Waals surface area contributed by atoms with E-state index in [1.807, 2.05) is 18.3 Å². The number of rotatable bonds is 2. The lowest BCUT2D eigenvalue weighted by atomic mass is 10.3. The first-order chi connectivity index (χ1) is 6.90. The van der Waals surface area contributed by atoms with Crippen molar-refractivity contribution in [2.45, 2.75) is 0 Å². The molecular weight excluding hydrogens is 174 g/mol. The summed E-state index contributed by atoms with van der Waals surface area (Å²) in [6.07, 6.45) is 1.85. The topological polar surface area (TPSA) is 19.4 Å². The van der Waals surface area contributed by atoms with Crippen molar-refractivity contribution in [3.8, 4) is 0 Å². The van der Waals surface area contributed by atoms with Crippen LogP contribution in [-0.2, 0) is 0 Å². The fourth-order valence-corrected chi connectivity index (χ4v) is 1.74. The maximum atomic E-state index is 4.35. The standard InChI is InChI=1S/C11H16N3/c1-2-13-7-9-14(10-8-13)11-5-3-4-6-12-11/h3-6H,1-2,7-10H2. The highest BCUT2D eigenvalue weighted by molar-refractivity contribution is 5.38. The Morgan fingerprint density at radius 1 is 1.21 bits per heavy atom. The van der Waals surface area contributed by atoms with E-state index < -0.39 is 0 Å². The minimum Gasteiger partial charge on any atom is -0.354 e. The van der Waals surface area contributed by atoms with Crippen LogP contribution in [0.5, 0.6) is 0 Å². The zero-order valence-corrected chi connectivity index (χ0v) is 8.39. The van der Waals surface area contributed by atoms with Crippen LogP contribution < -0.4 is 4.90 Å². The molecule has 0 aromatic carbocycles. The molecule has 75 valence electrons. The second kappa shape index (κ2) is 4.42. The van der Waals surface area contributed by atoms with E-state index in [-0.39, 0.29) is 0 Å². The molecule has 3 nitrogen and oxygen atoms in total. The van der Waals surface area contributed by atoms with Crippen LogP contribution in [0.2, 0.25) is 0 Å². The fraction of sp³-hybridized carbons (Fsp3) is 0.455. The van der Waals surface area contributed by atoms with Gasteiger partial charge in [0.05, 0.1) is 0 Å². The Kier molecular flexibility index (Phi) is 2.99. The summed E-state index contributed by atoms with van der Waals surface area (Å²) in [5.74, 6) is 1.09. The predicted octanol–water partition coefficient (Wildman–Crippen LogP) is 1.04. The van der Waals surface area contributed by atoms with Crippen LogP contribution in [0.25, 0.3) is 0 Å². The van der Waals surface area contributed by atoms with E-state index in [1.54, 1.807) is 0 Å². The number of pyridine rings is 1. The molecule has 0 spiro atoms. The summed E-state index contributed by atoms with van der Waals surface area (Å²) in [6, 6.07) is 6.06. The molecule has 3 heteroatoms. The molecule has 0 amide bonds. The van der Waals surface area contributed by atoms with Gasteiger partial charge in [-0.25, -0.2) is 4.98 Å². The van der Waals surface area contributed by atoms with Crippen molar-refractivity contribution in [2.75, 3.05) is 37.6 Å². The molecule has 0 saturated carbocycles. The van der Waals surface area contributed by atoms with Crippen LogP contribution in [0.3, 0.4) is 0 Å². The van der Waals surface area contributed by atoms with Gasteiger partial charge in [0.25, 0.3) is 0 Å². The first-order valence-electron chi connectivity index (χ1n) is 5.08. The zero-order valence-electron chi connectivity index (χ0n) is 8.39. The fourth-order valence-electron chi connectivity index (χ4n) is 1.74. The van der Waals surface area contributed by atoms with Crippen molar-refractivity contribution in [3.05, 3.63) is 31.3 Å². The molecule has 1 fully saturated rings. The van der Waals surface area contributed by atoms with Gasteiger partial charge in [0, 0.05) is 32.4 Å². The van der Waals surface area contributed by atoms with Crippen molar-refractivity contribution >= 4 is 5.82 Å². The molecule has 2 heterocycles. The van der Waals surface area contributed by atoms with Gasteiger partial charge in [-0.05, 0) is 25.6 Å². The van der Waals surface area contributed by atoms with Gasteiger partial charge >= 0.3 is 0 Å². The van der Waals surface area contributed by atoms with Crippen LogP contribution in [0.4, 0.5) is 5.82 Å². The second-order valence-corrected chi connectivity index (χ2v) is 3.52. The number of aromatic nitrogens is 1. The maximum Gasteiger partial charge on any atom is 0.128 e. The lowest BCUT2D eigenvalue weighted by Gasteiger charge is -2.34. The molecule has 0 unspecified atom stereocenters. The highest BCUT2D eigenvalue weighted by Crippen LogP contribution is 2.11. The summed E-state index contributed by atoms with van der Waals surface area (Å²) < 4.78 is 0. The van der Waals surface area contributed by atoms with Crippen molar-refractivity contribution in [1.29, 1.82) is 0 Å². The molecule has 1 aliphatic rings. The van der Waals surface area contributed by atoms with E-state index in [9.17, 15) is 0 Å². The molecule has 2 rings (SSSR count). The first-order valence-corrected chi connectivity index (χ1v) is 5.08. The summed E-state index contributed by atoms with van der Waals surface area (Å²) in [7, 11) is 0.